The Morgan fingerprint density at radius 3 is 2.48 bits per heavy atom. The highest BCUT2D eigenvalue weighted by atomic mass is 32.2. The van der Waals surface area contributed by atoms with Crippen LogP contribution in [0.5, 0.6) is 0 Å². The molecule has 0 bridgehead atoms. The van der Waals surface area contributed by atoms with Crippen molar-refractivity contribution >= 4 is 23.6 Å². The van der Waals surface area contributed by atoms with E-state index in [4.69, 9.17) is 0 Å². The first-order chi connectivity index (χ1) is 12.1. The van der Waals surface area contributed by atoms with Gasteiger partial charge in [-0.25, -0.2) is 0 Å². The Morgan fingerprint density at radius 1 is 1.16 bits per heavy atom. The third-order valence-electron chi connectivity index (χ3n) is 5.54. The predicted molar refractivity (Wildman–Crippen MR) is 101 cm³/mol. The second-order valence-corrected chi connectivity index (χ2v) is 8.15. The molecule has 0 atom stereocenters. The lowest BCUT2D eigenvalue weighted by atomic mass is 9.83. The number of carbonyl (C=O) groups is 2. The van der Waals surface area contributed by atoms with E-state index in [1.54, 1.807) is 11.8 Å². The summed E-state index contributed by atoms with van der Waals surface area (Å²) in [7, 11) is 1.89. The Morgan fingerprint density at radius 2 is 1.88 bits per heavy atom. The minimum atomic E-state index is 0.0548. The Balaban J connectivity index is 1.50. The van der Waals surface area contributed by atoms with Gasteiger partial charge in [0, 0.05) is 43.4 Å². The molecule has 1 aromatic carbocycles. The highest BCUT2D eigenvalue weighted by Crippen LogP contribution is 2.30. The first-order valence-corrected chi connectivity index (χ1v) is 10.5. The molecule has 0 unspecified atom stereocenters. The molecule has 1 saturated heterocycles. The maximum atomic E-state index is 12.8. The molecule has 2 fully saturated rings. The number of amides is 2. The van der Waals surface area contributed by atoms with Crippen LogP contribution in [0.3, 0.4) is 0 Å². The normalized spacial score (nSPS) is 18.7. The highest BCUT2D eigenvalue weighted by molar-refractivity contribution is 7.98. The molecule has 3 rings (SSSR count). The number of hydrogen-bond donors (Lipinski definition) is 0. The summed E-state index contributed by atoms with van der Waals surface area (Å²) in [6.07, 6.45) is 6.95. The van der Waals surface area contributed by atoms with E-state index in [2.05, 4.69) is 24.5 Å². The molecule has 0 spiro atoms. The first kappa shape index (κ1) is 18.3. The van der Waals surface area contributed by atoms with Gasteiger partial charge in [-0.2, -0.15) is 0 Å². The smallest absolute Gasteiger partial charge is 0.225 e. The predicted octanol–water partition coefficient (Wildman–Crippen LogP) is 3.41. The van der Waals surface area contributed by atoms with E-state index < -0.39 is 0 Å². The number of rotatable bonds is 5. The third-order valence-corrected chi connectivity index (χ3v) is 6.27. The average Bonchev–Trinajstić information content (AvgIpc) is 2.59. The molecule has 1 heterocycles. The maximum absolute atomic E-state index is 12.8. The van der Waals surface area contributed by atoms with Crippen molar-refractivity contribution in [2.75, 3.05) is 26.4 Å². The van der Waals surface area contributed by atoms with Crippen molar-refractivity contribution in [3.05, 3.63) is 29.8 Å². The van der Waals surface area contributed by atoms with Crippen LogP contribution in [0.25, 0.3) is 0 Å². The van der Waals surface area contributed by atoms with Crippen LogP contribution in [0, 0.1) is 11.8 Å². The van der Waals surface area contributed by atoms with Gasteiger partial charge in [-0.05, 0) is 49.6 Å². The summed E-state index contributed by atoms with van der Waals surface area (Å²) >= 11 is 1.72. The Kier molecular flexibility index (Phi) is 6.05. The van der Waals surface area contributed by atoms with E-state index in [0.29, 0.717) is 12.5 Å². The van der Waals surface area contributed by atoms with Gasteiger partial charge in [0.05, 0.1) is 0 Å². The SMILES string of the molecule is CSc1cccc(CN(C)C(=O)C2CCN(C(=O)C3CCC3)CC2)c1. The fourth-order valence-corrected chi connectivity index (χ4v) is 4.18. The fraction of sp³-hybridized carbons (Fsp3) is 0.600. The van der Waals surface area contributed by atoms with Crippen molar-refractivity contribution in [1.82, 2.24) is 9.80 Å². The Bertz CT molecular complexity index is 622. The maximum Gasteiger partial charge on any atom is 0.225 e. The van der Waals surface area contributed by atoms with E-state index in [1.807, 2.05) is 22.9 Å². The minimum absolute atomic E-state index is 0.0548. The van der Waals surface area contributed by atoms with Crippen LogP contribution in [-0.4, -0.2) is 48.0 Å². The van der Waals surface area contributed by atoms with Crippen molar-refractivity contribution in [1.29, 1.82) is 0 Å². The summed E-state index contributed by atoms with van der Waals surface area (Å²) in [6, 6.07) is 8.35. The Hall–Kier alpha value is -1.49. The van der Waals surface area contributed by atoms with E-state index in [0.717, 1.165) is 38.8 Å². The third kappa shape index (κ3) is 4.38. The molecule has 136 valence electrons. The molecule has 1 saturated carbocycles. The largest absolute Gasteiger partial charge is 0.342 e. The quantitative estimate of drug-likeness (QED) is 0.756. The van der Waals surface area contributed by atoms with Crippen molar-refractivity contribution in [3.63, 3.8) is 0 Å². The van der Waals surface area contributed by atoms with Crippen LogP contribution in [0.2, 0.25) is 0 Å². The van der Waals surface area contributed by atoms with Crippen LogP contribution in [0.1, 0.15) is 37.7 Å². The molecule has 1 aliphatic heterocycles. The van der Waals surface area contributed by atoms with Gasteiger partial charge in [0.1, 0.15) is 0 Å². The summed E-state index contributed by atoms with van der Waals surface area (Å²) < 4.78 is 0. The number of benzene rings is 1. The zero-order valence-corrected chi connectivity index (χ0v) is 16.1. The van der Waals surface area contributed by atoms with Crippen molar-refractivity contribution < 1.29 is 9.59 Å². The average molecular weight is 361 g/mol. The number of likely N-dealkylation sites (tertiary alicyclic amines) is 1. The number of hydrogen-bond acceptors (Lipinski definition) is 3. The van der Waals surface area contributed by atoms with Gasteiger partial charge < -0.3 is 9.80 Å². The van der Waals surface area contributed by atoms with Crippen molar-refractivity contribution in [3.8, 4) is 0 Å². The summed E-state index contributed by atoms with van der Waals surface area (Å²) in [5.41, 5.74) is 1.17. The minimum Gasteiger partial charge on any atom is -0.342 e. The first-order valence-electron chi connectivity index (χ1n) is 9.25. The highest BCUT2D eigenvalue weighted by Gasteiger charge is 2.33. The van der Waals surface area contributed by atoms with E-state index in [-0.39, 0.29) is 17.7 Å². The van der Waals surface area contributed by atoms with Gasteiger partial charge in [0.15, 0.2) is 0 Å². The van der Waals surface area contributed by atoms with Gasteiger partial charge in [-0.3, -0.25) is 9.59 Å². The lowest BCUT2D eigenvalue weighted by Crippen LogP contribution is -2.46. The second-order valence-electron chi connectivity index (χ2n) is 7.27. The number of carbonyl (C=O) groups excluding carboxylic acids is 2. The van der Waals surface area contributed by atoms with Gasteiger partial charge >= 0.3 is 0 Å². The molecule has 25 heavy (non-hydrogen) atoms. The zero-order valence-electron chi connectivity index (χ0n) is 15.2. The molecular weight excluding hydrogens is 332 g/mol. The molecule has 0 radical (unpaired) electrons. The fourth-order valence-electron chi connectivity index (χ4n) is 3.69. The van der Waals surface area contributed by atoms with Crippen LogP contribution >= 0.6 is 11.8 Å². The van der Waals surface area contributed by atoms with Crippen LogP contribution in [-0.2, 0) is 16.1 Å². The molecule has 5 heteroatoms. The molecule has 0 aromatic heterocycles. The van der Waals surface area contributed by atoms with Crippen LogP contribution < -0.4 is 0 Å². The van der Waals surface area contributed by atoms with Crippen molar-refractivity contribution in [2.45, 2.75) is 43.5 Å². The zero-order chi connectivity index (χ0) is 17.8. The topological polar surface area (TPSA) is 40.6 Å². The van der Waals surface area contributed by atoms with E-state index >= 15 is 0 Å². The van der Waals surface area contributed by atoms with Crippen molar-refractivity contribution in [2.24, 2.45) is 11.8 Å². The van der Waals surface area contributed by atoms with Crippen LogP contribution in [0.15, 0.2) is 29.2 Å². The van der Waals surface area contributed by atoms with Crippen LogP contribution in [0.4, 0.5) is 0 Å². The van der Waals surface area contributed by atoms with Gasteiger partial charge in [0.2, 0.25) is 11.8 Å². The molecule has 0 N–H and O–H groups in total. The number of thioether (sulfide) groups is 1. The molecule has 1 aromatic rings. The molecule has 2 amide bonds. The van der Waals surface area contributed by atoms with Gasteiger partial charge in [0.25, 0.3) is 0 Å². The monoisotopic (exact) mass is 360 g/mol. The summed E-state index contributed by atoms with van der Waals surface area (Å²) in [5, 5.41) is 0. The standard InChI is InChI=1S/C20H28N2O2S/c1-21(14-15-5-3-8-18(13-15)25-2)19(23)17-9-11-22(12-10-17)20(24)16-6-4-7-16/h3,5,8,13,16-17H,4,6-7,9-12,14H2,1-2H3. The second kappa shape index (κ2) is 8.26. The number of nitrogens with zero attached hydrogens (tertiary/aromatic N) is 2. The summed E-state index contributed by atoms with van der Waals surface area (Å²) in [6.45, 7) is 2.12. The lowest BCUT2D eigenvalue weighted by Gasteiger charge is -2.37. The van der Waals surface area contributed by atoms with E-state index in [9.17, 15) is 9.59 Å². The summed E-state index contributed by atoms with van der Waals surface area (Å²) in [5.74, 6) is 0.850. The summed E-state index contributed by atoms with van der Waals surface area (Å²) in [4.78, 5) is 30.1. The van der Waals surface area contributed by atoms with Gasteiger partial charge in [-0.1, -0.05) is 18.6 Å². The number of piperidine rings is 1. The molecule has 1 aliphatic carbocycles. The molecular formula is C20H28N2O2S. The Labute approximate surface area is 154 Å². The van der Waals surface area contributed by atoms with E-state index in [1.165, 1.54) is 16.9 Å². The molecule has 2 aliphatic rings. The molecule has 4 nitrogen and oxygen atoms in total. The van der Waals surface area contributed by atoms with Gasteiger partial charge in [-0.15, -0.1) is 11.8 Å². The lowest BCUT2D eigenvalue weighted by molar-refractivity contribution is -0.143.